The van der Waals surface area contributed by atoms with E-state index in [0.717, 1.165) is 42.9 Å². The van der Waals surface area contributed by atoms with Gasteiger partial charge in [-0.25, -0.2) is 0 Å². The van der Waals surface area contributed by atoms with Crippen molar-refractivity contribution in [2.75, 3.05) is 26.7 Å². The summed E-state index contributed by atoms with van der Waals surface area (Å²) in [5, 5.41) is 0. The molecule has 2 heterocycles. The molecule has 112 valence electrons. The summed E-state index contributed by atoms with van der Waals surface area (Å²) in [7, 11) is 3.76. The molecule has 1 aliphatic rings. The fourth-order valence-corrected chi connectivity index (χ4v) is 3.04. The summed E-state index contributed by atoms with van der Waals surface area (Å²) in [4.78, 5) is 14.7. The van der Waals surface area contributed by atoms with E-state index < -0.39 is 0 Å². The predicted molar refractivity (Wildman–Crippen MR) is 80.3 cm³/mol. The standard InChI is InChI=1S/C16H26N2O2/c1-12-9-14(13(2)17(12)4)15(19)10-18-8-6-7-16(3,11-18)20-5/h9H,6-8,10-11H2,1-5H3. The van der Waals surface area contributed by atoms with Gasteiger partial charge in [-0.1, -0.05) is 0 Å². The Bertz CT molecular complexity index is 507. The molecule has 4 heteroatoms. The normalized spacial score (nSPS) is 24.1. The van der Waals surface area contributed by atoms with Crippen LogP contribution in [0.15, 0.2) is 6.07 Å². The van der Waals surface area contributed by atoms with E-state index in [2.05, 4.69) is 16.4 Å². The minimum absolute atomic E-state index is 0.111. The summed E-state index contributed by atoms with van der Waals surface area (Å²) >= 11 is 0. The molecule has 1 fully saturated rings. The van der Waals surface area contributed by atoms with Crippen LogP contribution in [0.4, 0.5) is 0 Å². The first kappa shape index (κ1) is 15.3. The molecular weight excluding hydrogens is 252 g/mol. The van der Waals surface area contributed by atoms with Crippen LogP contribution >= 0.6 is 0 Å². The lowest BCUT2D eigenvalue weighted by Gasteiger charge is -2.39. The van der Waals surface area contributed by atoms with Crippen molar-refractivity contribution in [1.29, 1.82) is 0 Å². The zero-order chi connectivity index (χ0) is 14.9. The number of carbonyl (C=O) groups excluding carboxylic acids is 1. The van der Waals surface area contributed by atoms with Gasteiger partial charge in [-0.2, -0.15) is 0 Å². The number of rotatable bonds is 4. The van der Waals surface area contributed by atoms with Crippen LogP contribution in [0.1, 0.15) is 41.5 Å². The number of methoxy groups -OCH3 is 1. The van der Waals surface area contributed by atoms with Gasteiger partial charge in [-0.3, -0.25) is 9.69 Å². The predicted octanol–water partition coefficient (Wildman–Crippen LogP) is 2.33. The van der Waals surface area contributed by atoms with Crippen molar-refractivity contribution in [3.05, 3.63) is 23.0 Å². The lowest BCUT2D eigenvalue weighted by Crippen LogP contribution is -2.48. The van der Waals surface area contributed by atoms with Gasteiger partial charge in [-0.05, 0) is 46.2 Å². The molecule has 1 unspecified atom stereocenters. The van der Waals surface area contributed by atoms with Crippen molar-refractivity contribution in [2.24, 2.45) is 7.05 Å². The lowest BCUT2D eigenvalue weighted by atomic mass is 9.94. The third-order valence-electron chi connectivity index (χ3n) is 4.67. The highest BCUT2D eigenvalue weighted by Gasteiger charge is 2.31. The summed E-state index contributed by atoms with van der Waals surface area (Å²) in [5.74, 6) is 0.214. The van der Waals surface area contributed by atoms with Crippen molar-refractivity contribution in [3.8, 4) is 0 Å². The molecule has 0 amide bonds. The summed E-state index contributed by atoms with van der Waals surface area (Å²) < 4.78 is 7.66. The topological polar surface area (TPSA) is 34.5 Å². The quantitative estimate of drug-likeness (QED) is 0.793. The maximum Gasteiger partial charge on any atom is 0.178 e. The number of nitrogens with zero attached hydrogens (tertiary/aromatic N) is 2. The summed E-state index contributed by atoms with van der Waals surface area (Å²) in [6.07, 6.45) is 2.15. The van der Waals surface area contributed by atoms with Crippen molar-refractivity contribution in [3.63, 3.8) is 0 Å². The van der Waals surface area contributed by atoms with E-state index >= 15 is 0 Å². The molecule has 1 saturated heterocycles. The number of likely N-dealkylation sites (tertiary alicyclic amines) is 1. The summed E-state index contributed by atoms with van der Waals surface area (Å²) in [5.41, 5.74) is 2.93. The molecule has 1 aliphatic heterocycles. The molecule has 0 N–H and O–H groups in total. The van der Waals surface area contributed by atoms with Crippen molar-refractivity contribution >= 4 is 5.78 Å². The van der Waals surface area contributed by atoms with Gasteiger partial charge < -0.3 is 9.30 Å². The van der Waals surface area contributed by atoms with Gasteiger partial charge in [0.1, 0.15) is 0 Å². The van der Waals surface area contributed by atoms with Crippen LogP contribution in [0.5, 0.6) is 0 Å². The Morgan fingerprint density at radius 2 is 2.15 bits per heavy atom. The third kappa shape index (κ3) is 2.96. The van der Waals surface area contributed by atoms with Gasteiger partial charge in [0, 0.05) is 37.7 Å². The molecule has 0 spiro atoms. The SMILES string of the molecule is COC1(C)CCCN(CC(=O)c2cc(C)n(C)c2C)C1. The van der Waals surface area contributed by atoms with E-state index in [1.165, 1.54) is 0 Å². The van der Waals surface area contributed by atoms with Gasteiger partial charge in [0.25, 0.3) is 0 Å². The molecule has 1 atom stereocenters. The third-order valence-corrected chi connectivity index (χ3v) is 4.67. The van der Waals surface area contributed by atoms with Crippen molar-refractivity contribution < 1.29 is 9.53 Å². The number of aryl methyl sites for hydroxylation is 1. The Morgan fingerprint density at radius 3 is 2.70 bits per heavy atom. The fourth-order valence-electron chi connectivity index (χ4n) is 3.04. The molecule has 20 heavy (non-hydrogen) atoms. The van der Waals surface area contributed by atoms with E-state index in [1.54, 1.807) is 7.11 Å². The maximum atomic E-state index is 12.5. The van der Waals surface area contributed by atoms with E-state index in [0.29, 0.717) is 6.54 Å². The molecule has 1 aromatic heterocycles. The molecule has 0 radical (unpaired) electrons. The largest absolute Gasteiger partial charge is 0.377 e. The second kappa shape index (κ2) is 5.70. The number of aromatic nitrogens is 1. The second-order valence-corrected chi connectivity index (χ2v) is 6.24. The van der Waals surface area contributed by atoms with Crippen LogP contribution < -0.4 is 0 Å². The molecule has 0 aliphatic carbocycles. The molecule has 0 bridgehead atoms. The zero-order valence-corrected chi connectivity index (χ0v) is 13.3. The Balaban J connectivity index is 2.06. The molecule has 1 aromatic rings. The minimum atomic E-state index is -0.111. The molecule has 4 nitrogen and oxygen atoms in total. The summed E-state index contributed by atoms with van der Waals surface area (Å²) in [6, 6.07) is 2.00. The van der Waals surface area contributed by atoms with E-state index in [9.17, 15) is 4.79 Å². The monoisotopic (exact) mass is 278 g/mol. The van der Waals surface area contributed by atoms with E-state index in [-0.39, 0.29) is 11.4 Å². The fraction of sp³-hybridized carbons (Fsp3) is 0.688. The molecule has 0 aromatic carbocycles. The van der Waals surface area contributed by atoms with Crippen LogP contribution in [-0.2, 0) is 11.8 Å². The van der Waals surface area contributed by atoms with Crippen LogP contribution in [0, 0.1) is 13.8 Å². The first-order valence-corrected chi connectivity index (χ1v) is 7.30. The van der Waals surface area contributed by atoms with Crippen LogP contribution in [0.25, 0.3) is 0 Å². The van der Waals surface area contributed by atoms with Crippen LogP contribution in [0.3, 0.4) is 0 Å². The Kier molecular flexibility index (Phi) is 4.35. The highest BCUT2D eigenvalue weighted by Crippen LogP contribution is 2.24. The van der Waals surface area contributed by atoms with Crippen molar-refractivity contribution in [1.82, 2.24) is 9.47 Å². The van der Waals surface area contributed by atoms with Gasteiger partial charge in [0.2, 0.25) is 0 Å². The lowest BCUT2D eigenvalue weighted by molar-refractivity contribution is -0.0485. The van der Waals surface area contributed by atoms with Gasteiger partial charge >= 0.3 is 0 Å². The smallest absolute Gasteiger partial charge is 0.178 e. The van der Waals surface area contributed by atoms with Crippen LogP contribution in [-0.4, -0.2) is 47.6 Å². The number of carbonyl (C=O) groups is 1. The highest BCUT2D eigenvalue weighted by molar-refractivity contribution is 5.99. The first-order chi connectivity index (χ1) is 9.36. The van der Waals surface area contributed by atoms with Crippen LogP contribution in [0.2, 0.25) is 0 Å². The van der Waals surface area contributed by atoms with Gasteiger partial charge in [0.15, 0.2) is 5.78 Å². The molecular formula is C16H26N2O2. The zero-order valence-electron chi connectivity index (χ0n) is 13.3. The Morgan fingerprint density at radius 1 is 1.45 bits per heavy atom. The number of ketones is 1. The van der Waals surface area contributed by atoms with Gasteiger partial charge in [-0.15, -0.1) is 0 Å². The van der Waals surface area contributed by atoms with Crippen molar-refractivity contribution in [2.45, 2.75) is 39.2 Å². The number of piperidine rings is 1. The Labute approximate surface area is 121 Å². The minimum Gasteiger partial charge on any atom is -0.377 e. The maximum absolute atomic E-state index is 12.5. The number of ether oxygens (including phenoxy) is 1. The summed E-state index contributed by atoms with van der Waals surface area (Å²) in [6.45, 7) is 8.48. The van der Waals surface area contributed by atoms with Gasteiger partial charge in [0.05, 0.1) is 12.1 Å². The first-order valence-electron chi connectivity index (χ1n) is 7.30. The number of hydrogen-bond acceptors (Lipinski definition) is 3. The van der Waals surface area contributed by atoms with E-state index in [4.69, 9.17) is 4.74 Å². The average Bonchev–Trinajstić information content (AvgIpc) is 2.67. The molecule has 2 rings (SSSR count). The van der Waals surface area contributed by atoms with E-state index in [1.807, 2.05) is 27.0 Å². The Hall–Kier alpha value is -1.13. The number of hydrogen-bond donors (Lipinski definition) is 0. The second-order valence-electron chi connectivity index (χ2n) is 6.24. The average molecular weight is 278 g/mol. The number of Topliss-reactive ketones (excluding diaryl/α,β-unsaturated/α-hetero) is 1. The highest BCUT2D eigenvalue weighted by atomic mass is 16.5. The molecule has 0 saturated carbocycles.